The van der Waals surface area contributed by atoms with Crippen LogP contribution in [0.4, 0.5) is 0 Å². The van der Waals surface area contributed by atoms with E-state index in [-0.39, 0.29) is 5.75 Å². The molecule has 0 aromatic heterocycles. The van der Waals surface area contributed by atoms with Crippen LogP contribution in [0.2, 0.25) is 10.0 Å². The summed E-state index contributed by atoms with van der Waals surface area (Å²) in [7, 11) is 0. The summed E-state index contributed by atoms with van der Waals surface area (Å²) in [4.78, 5) is 0. The van der Waals surface area contributed by atoms with Crippen LogP contribution in [0.25, 0.3) is 0 Å². The molecule has 1 aromatic rings. The van der Waals surface area contributed by atoms with Crippen LogP contribution in [0.3, 0.4) is 0 Å². The first-order valence-corrected chi connectivity index (χ1v) is 6.20. The fourth-order valence-electron chi connectivity index (χ4n) is 1.57. The van der Waals surface area contributed by atoms with Gasteiger partial charge in [0, 0.05) is 23.2 Å². The molecule has 4 heteroatoms. The van der Waals surface area contributed by atoms with Crippen LogP contribution >= 0.6 is 23.2 Å². The highest BCUT2D eigenvalue weighted by molar-refractivity contribution is 6.35. The normalized spacial score (nSPS) is 12.8. The molecule has 0 bridgehead atoms. The van der Waals surface area contributed by atoms with Crippen LogP contribution in [0.15, 0.2) is 12.1 Å². The number of hydrogen-bond donors (Lipinski definition) is 2. The second-order valence-corrected chi connectivity index (χ2v) is 4.81. The summed E-state index contributed by atoms with van der Waals surface area (Å²) in [5, 5.41) is 13.9. The summed E-state index contributed by atoms with van der Waals surface area (Å²) in [5.41, 5.74) is 0.737. The molecule has 1 aromatic carbocycles. The van der Waals surface area contributed by atoms with Crippen LogP contribution < -0.4 is 5.32 Å². The standard InChI is InChI=1S/C12H17Cl2NO/c1-3-4-8(2)15-7-9-5-10(13)6-11(14)12(9)16/h5-6,8,15-16H,3-4,7H2,1-2H3. The largest absolute Gasteiger partial charge is 0.506 e. The minimum atomic E-state index is 0.113. The molecule has 90 valence electrons. The topological polar surface area (TPSA) is 32.3 Å². The first-order chi connectivity index (χ1) is 7.54. The molecule has 0 amide bonds. The number of aromatic hydroxyl groups is 1. The molecule has 0 heterocycles. The molecule has 0 saturated heterocycles. The average Bonchev–Trinajstić information content (AvgIpc) is 2.21. The zero-order chi connectivity index (χ0) is 12.1. The summed E-state index contributed by atoms with van der Waals surface area (Å²) in [6.07, 6.45) is 2.24. The summed E-state index contributed by atoms with van der Waals surface area (Å²) in [6.45, 7) is 4.84. The highest BCUT2D eigenvalue weighted by Crippen LogP contribution is 2.31. The predicted octanol–water partition coefficient (Wildman–Crippen LogP) is 3.98. The lowest BCUT2D eigenvalue weighted by molar-refractivity contribution is 0.454. The molecule has 0 spiro atoms. The molecule has 2 N–H and O–H groups in total. The number of rotatable bonds is 5. The molecule has 0 fully saturated rings. The number of halogens is 2. The summed E-state index contributed by atoms with van der Waals surface area (Å²) >= 11 is 11.7. The third kappa shape index (κ3) is 3.85. The summed E-state index contributed by atoms with van der Waals surface area (Å²) in [5.74, 6) is 0.113. The van der Waals surface area contributed by atoms with E-state index in [2.05, 4.69) is 19.2 Å². The van der Waals surface area contributed by atoms with Crippen LogP contribution in [0, 0.1) is 0 Å². The Bertz CT molecular complexity index is 355. The van der Waals surface area contributed by atoms with Crippen molar-refractivity contribution in [2.24, 2.45) is 0 Å². The molecule has 0 aliphatic rings. The van der Waals surface area contributed by atoms with Crippen molar-refractivity contribution >= 4 is 23.2 Å². The fraction of sp³-hybridized carbons (Fsp3) is 0.500. The van der Waals surface area contributed by atoms with Crippen molar-refractivity contribution in [1.29, 1.82) is 0 Å². The van der Waals surface area contributed by atoms with Gasteiger partial charge in [-0.3, -0.25) is 0 Å². The van der Waals surface area contributed by atoms with Gasteiger partial charge >= 0.3 is 0 Å². The first kappa shape index (κ1) is 13.6. The molecular formula is C12H17Cl2NO. The average molecular weight is 262 g/mol. The van der Waals surface area contributed by atoms with Crippen LogP contribution in [0.1, 0.15) is 32.3 Å². The van der Waals surface area contributed by atoms with Crippen molar-refractivity contribution in [2.45, 2.75) is 39.3 Å². The minimum Gasteiger partial charge on any atom is -0.506 e. The van der Waals surface area contributed by atoms with Crippen molar-refractivity contribution in [1.82, 2.24) is 5.32 Å². The maximum atomic E-state index is 9.73. The Morgan fingerprint density at radius 2 is 2.06 bits per heavy atom. The molecule has 1 unspecified atom stereocenters. The monoisotopic (exact) mass is 261 g/mol. The predicted molar refractivity (Wildman–Crippen MR) is 69.3 cm³/mol. The van der Waals surface area contributed by atoms with Gasteiger partial charge in [0.05, 0.1) is 5.02 Å². The second-order valence-electron chi connectivity index (χ2n) is 3.97. The molecule has 0 aliphatic carbocycles. The quantitative estimate of drug-likeness (QED) is 0.841. The third-order valence-electron chi connectivity index (χ3n) is 2.47. The Balaban J connectivity index is 2.66. The van der Waals surface area contributed by atoms with Crippen molar-refractivity contribution in [3.63, 3.8) is 0 Å². The van der Waals surface area contributed by atoms with Crippen molar-refractivity contribution in [3.05, 3.63) is 27.7 Å². The number of phenolic OH excluding ortho intramolecular Hbond substituents is 1. The van der Waals surface area contributed by atoms with E-state index in [4.69, 9.17) is 23.2 Å². The number of benzene rings is 1. The Morgan fingerprint density at radius 3 is 2.69 bits per heavy atom. The van der Waals surface area contributed by atoms with Gasteiger partial charge in [0.15, 0.2) is 0 Å². The van der Waals surface area contributed by atoms with E-state index in [1.807, 2.05) is 0 Å². The Morgan fingerprint density at radius 1 is 1.38 bits per heavy atom. The lowest BCUT2D eigenvalue weighted by Gasteiger charge is -2.14. The lowest BCUT2D eigenvalue weighted by Crippen LogP contribution is -2.25. The molecule has 2 nitrogen and oxygen atoms in total. The first-order valence-electron chi connectivity index (χ1n) is 5.44. The van der Waals surface area contributed by atoms with E-state index >= 15 is 0 Å². The van der Waals surface area contributed by atoms with Gasteiger partial charge in [0.2, 0.25) is 0 Å². The Kier molecular flexibility index (Phi) is 5.39. The van der Waals surface area contributed by atoms with Gasteiger partial charge in [-0.2, -0.15) is 0 Å². The highest BCUT2D eigenvalue weighted by atomic mass is 35.5. The zero-order valence-corrected chi connectivity index (χ0v) is 11.1. The van der Waals surface area contributed by atoms with Gasteiger partial charge in [-0.25, -0.2) is 0 Å². The molecule has 1 atom stereocenters. The SMILES string of the molecule is CCCC(C)NCc1cc(Cl)cc(Cl)c1O. The van der Waals surface area contributed by atoms with E-state index < -0.39 is 0 Å². The summed E-state index contributed by atoms with van der Waals surface area (Å²) in [6, 6.07) is 3.69. The maximum Gasteiger partial charge on any atom is 0.138 e. The van der Waals surface area contributed by atoms with Gasteiger partial charge in [-0.1, -0.05) is 36.5 Å². The molecular weight excluding hydrogens is 245 g/mol. The van der Waals surface area contributed by atoms with Crippen molar-refractivity contribution in [3.8, 4) is 5.75 Å². The van der Waals surface area contributed by atoms with Crippen molar-refractivity contribution < 1.29 is 5.11 Å². The van der Waals surface area contributed by atoms with E-state index in [1.165, 1.54) is 6.07 Å². The van der Waals surface area contributed by atoms with E-state index in [9.17, 15) is 5.11 Å². The minimum absolute atomic E-state index is 0.113. The molecule has 16 heavy (non-hydrogen) atoms. The number of phenols is 1. The van der Waals surface area contributed by atoms with E-state index in [0.29, 0.717) is 22.6 Å². The Labute approximate surface area is 107 Å². The van der Waals surface area contributed by atoms with E-state index in [0.717, 1.165) is 18.4 Å². The van der Waals surface area contributed by atoms with Gasteiger partial charge in [-0.15, -0.1) is 0 Å². The smallest absolute Gasteiger partial charge is 0.138 e. The van der Waals surface area contributed by atoms with Crippen LogP contribution in [-0.2, 0) is 6.54 Å². The number of hydrogen-bond acceptors (Lipinski definition) is 2. The molecule has 0 saturated carbocycles. The zero-order valence-electron chi connectivity index (χ0n) is 9.56. The van der Waals surface area contributed by atoms with Crippen LogP contribution in [-0.4, -0.2) is 11.1 Å². The van der Waals surface area contributed by atoms with Crippen LogP contribution in [0.5, 0.6) is 5.75 Å². The molecule has 0 radical (unpaired) electrons. The van der Waals surface area contributed by atoms with Gasteiger partial charge in [0.1, 0.15) is 5.75 Å². The lowest BCUT2D eigenvalue weighted by atomic mass is 10.1. The molecule has 0 aliphatic heterocycles. The third-order valence-corrected chi connectivity index (χ3v) is 2.98. The van der Waals surface area contributed by atoms with Gasteiger partial charge in [-0.05, 0) is 25.5 Å². The fourth-order valence-corrected chi connectivity index (χ4v) is 2.11. The summed E-state index contributed by atoms with van der Waals surface area (Å²) < 4.78 is 0. The van der Waals surface area contributed by atoms with Crippen molar-refractivity contribution in [2.75, 3.05) is 0 Å². The molecule has 1 rings (SSSR count). The Hall–Kier alpha value is -0.440. The highest BCUT2D eigenvalue weighted by Gasteiger charge is 2.08. The second kappa shape index (κ2) is 6.33. The van der Waals surface area contributed by atoms with Gasteiger partial charge in [0.25, 0.3) is 0 Å². The van der Waals surface area contributed by atoms with Gasteiger partial charge < -0.3 is 10.4 Å². The maximum absolute atomic E-state index is 9.73. The van der Waals surface area contributed by atoms with E-state index in [1.54, 1.807) is 6.07 Å². The number of nitrogens with one attached hydrogen (secondary N) is 1.